The average molecular weight is 321 g/mol. The van der Waals surface area contributed by atoms with E-state index in [9.17, 15) is 9.90 Å². The Hall–Kier alpha value is -2.11. The van der Waals surface area contributed by atoms with E-state index in [1.165, 1.54) is 12.0 Å². The van der Waals surface area contributed by atoms with Crippen molar-refractivity contribution in [3.63, 3.8) is 0 Å². The summed E-state index contributed by atoms with van der Waals surface area (Å²) < 4.78 is 5.22. The third kappa shape index (κ3) is 3.75. The molecule has 0 unspecified atom stereocenters. The molecule has 1 amide bonds. The van der Waals surface area contributed by atoms with E-state index >= 15 is 0 Å². The molecule has 2 rings (SSSR count). The van der Waals surface area contributed by atoms with Crippen molar-refractivity contribution in [1.82, 2.24) is 9.88 Å². The molecular formula is C16H17ClN2O3. The number of aliphatic hydroxyl groups is 1. The number of rotatable bonds is 6. The molecule has 1 heterocycles. The number of amides is 1. The molecule has 0 saturated carbocycles. The summed E-state index contributed by atoms with van der Waals surface area (Å²) in [7, 11) is 1.49. The fourth-order valence-electron chi connectivity index (χ4n) is 2.13. The van der Waals surface area contributed by atoms with Crippen molar-refractivity contribution in [2.45, 2.75) is 6.54 Å². The van der Waals surface area contributed by atoms with Gasteiger partial charge in [-0.05, 0) is 23.8 Å². The fraction of sp³-hybridized carbons (Fsp3) is 0.250. The van der Waals surface area contributed by atoms with Gasteiger partial charge in [-0.15, -0.1) is 0 Å². The zero-order valence-corrected chi connectivity index (χ0v) is 13.0. The molecule has 0 aliphatic heterocycles. The summed E-state index contributed by atoms with van der Waals surface area (Å²) in [5, 5.41) is 9.55. The van der Waals surface area contributed by atoms with Gasteiger partial charge in [-0.1, -0.05) is 23.7 Å². The summed E-state index contributed by atoms with van der Waals surface area (Å²) in [4.78, 5) is 18.3. The number of methoxy groups -OCH3 is 1. The maximum atomic E-state index is 12.8. The molecule has 1 aromatic carbocycles. The highest BCUT2D eigenvalue weighted by Crippen LogP contribution is 2.28. The highest BCUT2D eigenvalue weighted by Gasteiger charge is 2.22. The normalized spacial score (nSPS) is 10.3. The van der Waals surface area contributed by atoms with E-state index in [1.54, 1.807) is 36.7 Å². The largest absolute Gasteiger partial charge is 0.496 e. The van der Waals surface area contributed by atoms with Crippen molar-refractivity contribution in [2.24, 2.45) is 0 Å². The Morgan fingerprint density at radius 3 is 2.82 bits per heavy atom. The van der Waals surface area contributed by atoms with Gasteiger partial charge in [0.1, 0.15) is 11.3 Å². The van der Waals surface area contributed by atoms with Gasteiger partial charge in [0, 0.05) is 25.5 Å². The second-order valence-electron chi connectivity index (χ2n) is 4.63. The van der Waals surface area contributed by atoms with Gasteiger partial charge >= 0.3 is 0 Å². The van der Waals surface area contributed by atoms with Crippen molar-refractivity contribution in [2.75, 3.05) is 20.3 Å². The molecule has 6 heteroatoms. The molecule has 0 aliphatic carbocycles. The summed E-state index contributed by atoms with van der Waals surface area (Å²) in [5.41, 5.74) is 1.17. The zero-order valence-electron chi connectivity index (χ0n) is 12.2. The lowest BCUT2D eigenvalue weighted by molar-refractivity contribution is 0.0704. The molecule has 116 valence electrons. The van der Waals surface area contributed by atoms with E-state index in [4.69, 9.17) is 16.3 Å². The Balaban J connectivity index is 2.31. The number of nitrogens with zero attached hydrogens (tertiary/aromatic N) is 2. The lowest BCUT2D eigenvalue weighted by Gasteiger charge is -2.23. The summed E-state index contributed by atoms with van der Waals surface area (Å²) >= 11 is 6.15. The molecule has 0 fully saturated rings. The molecule has 0 aliphatic rings. The number of ether oxygens (including phenoxy) is 1. The number of aromatic nitrogens is 1. The molecule has 0 spiro atoms. The van der Waals surface area contributed by atoms with Crippen LogP contribution >= 0.6 is 11.6 Å². The monoisotopic (exact) mass is 320 g/mol. The Morgan fingerprint density at radius 1 is 1.36 bits per heavy atom. The van der Waals surface area contributed by atoms with Crippen LogP contribution in [0.25, 0.3) is 0 Å². The van der Waals surface area contributed by atoms with Crippen LogP contribution < -0.4 is 4.74 Å². The standard InChI is InChI=1S/C16H17ClN2O3/c1-22-14-6-2-5-13(17)15(14)16(21)19(8-9-20)11-12-4-3-7-18-10-12/h2-7,10,20H,8-9,11H2,1H3. The molecule has 0 atom stereocenters. The maximum absolute atomic E-state index is 12.8. The first-order chi connectivity index (χ1) is 10.7. The van der Waals surface area contributed by atoms with Gasteiger partial charge in [0.15, 0.2) is 0 Å². The number of hydrogen-bond donors (Lipinski definition) is 1. The molecule has 1 N–H and O–H groups in total. The van der Waals surface area contributed by atoms with Crippen LogP contribution in [-0.2, 0) is 6.54 Å². The minimum Gasteiger partial charge on any atom is -0.496 e. The van der Waals surface area contributed by atoms with Gasteiger partial charge in [-0.25, -0.2) is 0 Å². The first kappa shape index (κ1) is 16.3. The summed E-state index contributed by atoms with van der Waals surface area (Å²) in [6.45, 7) is 0.391. The molecule has 5 nitrogen and oxygen atoms in total. The second kappa shape index (κ2) is 7.77. The van der Waals surface area contributed by atoms with Crippen molar-refractivity contribution < 1.29 is 14.6 Å². The van der Waals surface area contributed by atoms with Crippen LogP contribution in [0, 0.1) is 0 Å². The Bertz CT molecular complexity index is 635. The smallest absolute Gasteiger partial charge is 0.259 e. The van der Waals surface area contributed by atoms with E-state index in [2.05, 4.69) is 4.98 Å². The minimum atomic E-state index is -0.291. The Labute approximate surface area is 134 Å². The van der Waals surface area contributed by atoms with Crippen LogP contribution in [-0.4, -0.2) is 41.2 Å². The summed E-state index contributed by atoms with van der Waals surface area (Å²) in [6, 6.07) is 8.70. The maximum Gasteiger partial charge on any atom is 0.259 e. The minimum absolute atomic E-state index is 0.140. The number of carbonyl (C=O) groups is 1. The molecule has 0 radical (unpaired) electrons. The molecular weight excluding hydrogens is 304 g/mol. The highest BCUT2D eigenvalue weighted by atomic mass is 35.5. The van der Waals surface area contributed by atoms with Crippen LogP contribution in [0.2, 0.25) is 5.02 Å². The summed E-state index contributed by atoms with van der Waals surface area (Å²) in [6.07, 6.45) is 3.35. The topological polar surface area (TPSA) is 62.7 Å². The predicted octanol–water partition coefficient (Wildman–Crippen LogP) is 2.38. The molecule has 22 heavy (non-hydrogen) atoms. The van der Waals surface area contributed by atoms with Gasteiger partial charge in [0.25, 0.3) is 5.91 Å². The Morgan fingerprint density at radius 2 is 2.18 bits per heavy atom. The third-order valence-electron chi connectivity index (χ3n) is 3.16. The lowest BCUT2D eigenvalue weighted by atomic mass is 10.1. The number of benzene rings is 1. The average Bonchev–Trinajstić information content (AvgIpc) is 2.54. The first-order valence-corrected chi connectivity index (χ1v) is 7.16. The fourth-order valence-corrected chi connectivity index (χ4v) is 2.37. The SMILES string of the molecule is COc1cccc(Cl)c1C(=O)N(CCO)Cc1cccnc1. The number of carbonyl (C=O) groups excluding carboxylic acids is 1. The number of hydrogen-bond acceptors (Lipinski definition) is 4. The van der Waals surface area contributed by atoms with E-state index in [0.29, 0.717) is 22.9 Å². The quantitative estimate of drug-likeness (QED) is 0.887. The molecule has 1 aromatic heterocycles. The van der Waals surface area contributed by atoms with Gasteiger partial charge in [0.2, 0.25) is 0 Å². The van der Waals surface area contributed by atoms with E-state index in [0.717, 1.165) is 5.56 Å². The first-order valence-electron chi connectivity index (χ1n) is 6.79. The highest BCUT2D eigenvalue weighted by molar-refractivity contribution is 6.34. The van der Waals surface area contributed by atoms with Crippen molar-refractivity contribution in [3.05, 3.63) is 58.9 Å². The van der Waals surface area contributed by atoms with Crippen LogP contribution in [0.1, 0.15) is 15.9 Å². The van der Waals surface area contributed by atoms with E-state index in [1.807, 2.05) is 6.07 Å². The number of pyridine rings is 1. The van der Waals surface area contributed by atoms with Gasteiger partial charge < -0.3 is 14.7 Å². The lowest BCUT2D eigenvalue weighted by Crippen LogP contribution is -2.33. The number of aliphatic hydroxyl groups excluding tert-OH is 1. The van der Waals surface area contributed by atoms with Crippen molar-refractivity contribution >= 4 is 17.5 Å². The number of halogens is 1. The van der Waals surface area contributed by atoms with Crippen molar-refractivity contribution in [1.29, 1.82) is 0 Å². The predicted molar refractivity (Wildman–Crippen MR) is 84.1 cm³/mol. The van der Waals surface area contributed by atoms with Gasteiger partial charge in [-0.2, -0.15) is 0 Å². The van der Waals surface area contributed by atoms with Crippen LogP contribution in [0.15, 0.2) is 42.7 Å². The third-order valence-corrected chi connectivity index (χ3v) is 3.48. The van der Waals surface area contributed by atoms with Crippen LogP contribution in [0.5, 0.6) is 5.75 Å². The van der Waals surface area contributed by atoms with Crippen LogP contribution in [0.4, 0.5) is 0 Å². The van der Waals surface area contributed by atoms with Gasteiger partial charge in [0.05, 0.1) is 18.7 Å². The van der Waals surface area contributed by atoms with Crippen molar-refractivity contribution in [3.8, 4) is 5.75 Å². The van der Waals surface area contributed by atoms with E-state index in [-0.39, 0.29) is 19.1 Å². The van der Waals surface area contributed by atoms with Crippen LogP contribution in [0.3, 0.4) is 0 Å². The zero-order chi connectivity index (χ0) is 15.9. The van der Waals surface area contributed by atoms with E-state index < -0.39 is 0 Å². The Kier molecular flexibility index (Phi) is 5.75. The molecule has 0 bridgehead atoms. The molecule has 2 aromatic rings. The summed E-state index contributed by atoms with van der Waals surface area (Å²) in [5.74, 6) is 0.118. The molecule has 0 saturated heterocycles. The van der Waals surface area contributed by atoms with Gasteiger partial charge in [-0.3, -0.25) is 9.78 Å². The second-order valence-corrected chi connectivity index (χ2v) is 5.04.